The lowest BCUT2D eigenvalue weighted by molar-refractivity contribution is -0.347. The highest BCUT2D eigenvalue weighted by Crippen LogP contribution is 2.64. The standard InChI is InChI=1S/C45H57NO14/c1-24-28(57-39(51)33(48)32(26-17-13-11-14-18-26)46-40(52)60-41(3,4)5)22-45(53)37(58-38(50)27-19-15-12-16-20-27)35-43(8,36(49)34(55-10)31(24)42(45,6)7)29(54-9)21-30-44(35,23-56-30)59-25(2)47/h11-20,28-30,32-35,37,48,53H,21-23H2,1-10H3,(H,46,52)/t28-,29-,30+,32-,33+,34+,35-,37-,43+,44-,45-/m0/s1. The lowest BCUT2D eigenvalue weighted by Crippen LogP contribution is -2.82. The average Bonchev–Trinajstić information content (AvgIpc) is 3.18. The molecule has 0 spiro atoms. The smallest absolute Gasteiger partial charge is 0.408 e. The minimum Gasteiger partial charge on any atom is -0.456 e. The highest BCUT2D eigenvalue weighted by Gasteiger charge is 2.78. The zero-order valence-corrected chi connectivity index (χ0v) is 35.8. The number of fused-ring (bicyclic) bond motifs is 5. The monoisotopic (exact) mass is 835 g/mol. The lowest BCUT2D eigenvalue weighted by atomic mass is 9.44. The molecule has 4 aliphatic rings. The molecule has 3 N–H and O–H groups in total. The third-order valence-electron chi connectivity index (χ3n) is 13.0. The molecule has 2 saturated carbocycles. The molecule has 1 heterocycles. The van der Waals surface area contributed by atoms with Gasteiger partial charge in [-0.15, -0.1) is 0 Å². The summed E-state index contributed by atoms with van der Waals surface area (Å²) in [6, 6.07) is 15.1. The fourth-order valence-corrected chi connectivity index (χ4v) is 10.1. The van der Waals surface area contributed by atoms with E-state index < -0.39 is 112 Å². The van der Waals surface area contributed by atoms with Crippen molar-refractivity contribution >= 4 is 29.8 Å². The fraction of sp³-hybridized carbons (Fsp3) is 0.578. The van der Waals surface area contributed by atoms with E-state index in [9.17, 15) is 29.4 Å². The Hall–Kier alpha value is -4.67. The number of Topliss-reactive ketones (excluding diaryl/α,β-unsaturated/α-hetero) is 1. The van der Waals surface area contributed by atoms with Crippen LogP contribution in [0.25, 0.3) is 0 Å². The Labute approximate surface area is 350 Å². The van der Waals surface area contributed by atoms with E-state index in [-0.39, 0.29) is 24.2 Å². The molecule has 6 rings (SSSR count). The number of ether oxygens (including phenoxy) is 7. The summed E-state index contributed by atoms with van der Waals surface area (Å²) in [4.78, 5) is 70.1. The molecule has 15 nitrogen and oxygen atoms in total. The second-order valence-corrected chi connectivity index (χ2v) is 18.0. The SMILES string of the molecule is CO[C@H]1C(=O)[C@]2(C)[C@@H](OC)C[C@H]3OC[C@@]3(OC(C)=O)[C@H]2[C@H](OC(=O)c2ccccc2)[C@@]2(O)C[C@H](OC(=O)[C@H](O)[C@@H](NC(=O)OC(C)(C)C)c3ccccc3)C(C)=C1C2(C)C. The van der Waals surface area contributed by atoms with Gasteiger partial charge in [0.15, 0.2) is 17.5 Å². The van der Waals surface area contributed by atoms with Gasteiger partial charge in [-0.3, -0.25) is 9.59 Å². The Kier molecular flexibility index (Phi) is 12.2. The number of methoxy groups -OCH3 is 2. The summed E-state index contributed by atoms with van der Waals surface area (Å²) in [7, 11) is 2.78. The van der Waals surface area contributed by atoms with Gasteiger partial charge < -0.3 is 48.7 Å². The first-order valence-electron chi connectivity index (χ1n) is 20.1. The van der Waals surface area contributed by atoms with Crippen molar-refractivity contribution in [2.45, 2.75) is 128 Å². The molecule has 1 amide bonds. The Morgan fingerprint density at radius 3 is 2.08 bits per heavy atom. The van der Waals surface area contributed by atoms with Crippen LogP contribution in [0.4, 0.5) is 4.79 Å². The summed E-state index contributed by atoms with van der Waals surface area (Å²) in [5.41, 5.74) is -6.72. The van der Waals surface area contributed by atoms with Gasteiger partial charge in [-0.05, 0) is 63.5 Å². The number of esters is 3. The number of amides is 1. The molecule has 2 aromatic rings. The summed E-state index contributed by atoms with van der Waals surface area (Å²) in [5, 5.41) is 28.0. The molecule has 326 valence electrons. The van der Waals surface area contributed by atoms with Crippen molar-refractivity contribution in [1.29, 1.82) is 0 Å². The van der Waals surface area contributed by atoms with Gasteiger partial charge in [-0.25, -0.2) is 14.4 Å². The molecule has 1 saturated heterocycles. The van der Waals surface area contributed by atoms with Crippen LogP contribution in [-0.4, -0.2) is 114 Å². The van der Waals surface area contributed by atoms with Crippen LogP contribution in [0, 0.1) is 16.7 Å². The van der Waals surface area contributed by atoms with E-state index in [2.05, 4.69) is 5.32 Å². The molecule has 0 unspecified atom stereocenters. The first-order valence-corrected chi connectivity index (χ1v) is 20.1. The van der Waals surface area contributed by atoms with Crippen LogP contribution in [0.15, 0.2) is 71.8 Å². The van der Waals surface area contributed by atoms with Gasteiger partial charge in [0, 0.05) is 39.4 Å². The van der Waals surface area contributed by atoms with Crippen LogP contribution in [0.1, 0.15) is 90.2 Å². The average molecular weight is 836 g/mol. The number of hydrogen-bond acceptors (Lipinski definition) is 14. The molecule has 3 aliphatic carbocycles. The molecule has 60 heavy (non-hydrogen) atoms. The van der Waals surface area contributed by atoms with E-state index in [0.29, 0.717) is 11.1 Å². The van der Waals surface area contributed by atoms with Gasteiger partial charge in [0.1, 0.15) is 35.6 Å². The van der Waals surface area contributed by atoms with E-state index in [1.807, 2.05) is 0 Å². The van der Waals surface area contributed by atoms with Gasteiger partial charge in [0.05, 0.1) is 35.6 Å². The normalized spacial score (nSPS) is 33.0. The minimum atomic E-state index is -2.22. The highest BCUT2D eigenvalue weighted by molar-refractivity contribution is 5.94. The van der Waals surface area contributed by atoms with Gasteiger partial charge in [0.2, 0.25) is 0 Å². The van der Waals surface area contributed by atoms with E-state index in [1.54, 1.807) is 109 Å². The summed E-state index contributed by atoms with van der Waals surface area (Å²) >= 11 is 0. The quantitative estimate of drug-likeness (QED) is 0.171. The van der Waals surface area contributed by atoms with E-state index in [4.69, 9.17) is 33.2 Å². The van der Waals surface area contributed by atoms with Crippen molar-refractivity contribution < 1.29 is 67.3 Å². The third kappa shape index (κ3) is 7.52. The van der Waals surface area contributed by atoms with Crippen molar-refractivity contribution in [3.05, 3.63) is 82.9 Å². The largest absolute Gasteiger partial charge is 0.456 e. The topological polar surface area (TPSA) is 202 Å². The number of rotatable bonds is 10. The maximum absolute atomic E-state index is 15.5. The number of benzene rings is 2. The van der Waals surface area contributed by atoms with Crippen molar-refractivity contribution in [1.82, 2.24) is 5.32 Å². The molecular formula is C45H57NO14. The second-order valence-electron chi connectivity index (χ2n) is 18.0. The number of ketones is 1. The van der Waals surface area contributed by atoms with Gasteiger partial charge in [-0.1, -0.05) is 62.4 Å². The van der Waals surface area contributed by atoms with Crippen molar-refractivity contribution in [3.8, 4) is 0 Å². The van der Waals surface area contributed by atoms with E-state index in [0.717, 1.165) is 0 Å². The number of hydrogen-bond donors (Lipinski definition) is 3. The van der Waals surface area contributed by atoms with Gasteiger partial charge in [0.25, 0.3) is 0 Å². The Balaban J connectivity index is 1.52. The van der Waals surface area contributed by atoms with Crippen LogP contribution < -0.4 is 5.32 Å². The molecule has 0 aromatic heterocycles. The number of nitrogens with one attached hydrogen (secondary N) is 1. The van der Waals surface area contributed by atoms with Crippen LogP contribution in [0.2, 0.25) is 0 Å². The number of carbonyl (C=O) groups excluding carboxylic acids is 5. The van der Waals surface area contributed by atoms with Crippen molar-refractivity contribution in [2.75, 3.05) is 20.8 Å². The molecular weight excluding hydrogens is 778 g/mol. The molecule has 2 bridgehead atoms. The third-order valence-corrected chi connectivity index (χ3v) is 13.0. The van der Waals surface area contributed by atoms with E-state index in [1.165, 1.54) is 21.1 Å². The molecule has 2 aromatic carbocycles. The number of alkyl carbamates (subject to hydrolysis) is 1. The summed E-state index contributed by atoms with van der Waals surface area (Å²) < 4.78 is 42.4. The number of aliphatic hydroxyl groups is 2. The zero-order valence-electron chi connectivity index (χ0n) is 35.8. The fourth-order valence-electron chi connectivity index (χ4n) is 10.1. The van der Waals surface area contributed by atoms with Crippen molar-refractivity contribution in [3.63, 3.8) is 0 Å². The Morgan fingerprint density at radius 1 is 0.933 bits per heavy atom. The summed E-state index contributed by atoms with van der Waals surface area (Å²) in [5.74, 6) is -4.52. The first kappa shape index (κ1) is 44.9. The molecule has 3 fully saturated rings. The Morgan fingerprint density at radius 2 is 1.55 bits per heavy atom. The minimum absolute atomic E-state index is 0.121. The maximum Gasteiger partial charge on any atom is 0.408 e. The maximum atomic E-state index is 15.5. The number of carbonyl (C=O) groups is 5. The molecule has 0 radical (unpaired) electrons. The van der Waals surface area contributed by atoms with Crippen LogP contribution in [0.3, 0.4) is 0 Å². The summed E-state index contributed by atoms with van der Waals surface area (Å²) in [6.07, 6.45) is -9.31. The Bertz CT molecular complexity index is 2010. The predicted octanol–water partition coefficient (Wildman–Crippen LogP) is 4.57. The molecule has 11 atom stereocenters. The predicted molar refractivity (Wildman–Crippen MR) is 213 cm³/mol. The highest BCUT2D eigenvalue weighted by atomic mass is 16.6. The second kappa shape index (κ2) is 16.3. The zero-order chi connectivity index (χ0) is 44.2. The lowest BCUT2D eigenvalue weighted by Gasteiger charge is -2.67. The van der Waals surface area contributed by atoms with Crippen LogP contribution in [-0.2, 0) is 47.5 Å². The van der Waals surface area contributed by atoms with Gasteiger partial charge in [-0.2, -0.15) is 0 Å². The van der Waals surface area contributed by atoms with Gasteiger partial charge >= 0.3 is 24.0 Å². The van der Waals surface area contributed by atoms with Crippen LogP contribution in [0.5, 0.6) is 0 Å². The number of aliphatic hydroxyl groups excluding tert-OH is 1. The van der Waals surface area contributed by atoms with Crippen LogP contribution >= 0.6 is 0 Å². The molecule has 1 aliphatic heterocycles. The first-order chi connectivity index (χ1) is 28.1. The summed E-state index contributed by atoms with van der Waals surface area (Å²) in [6.45, 7) is 12.7. The van der Waals surface area contributed by atoms with Crippen molar-refractivity contribution in [2.24, 2.45) is 16.7 Å². The van der Waals surface area contributed by atoms with E-state index >= 15 is 4.79 Å². The molecule has 15 heteroatoms.